The maximum absolute atomic E-state index is 9.06. The quantitative estimate of drug-likeness (QED) is 0.779. The largest absolute Gasteiger partial charge is 0.365 e. The molecule has 0 aliphatic rings. The second-order valence-corrected chi connectivity index (χ2v) is 4.50. The molecule has 0 fully saturated rings. The molecule has 3 aromatic rings. The number of benzene rings is 2. The second kappa shape index (κ2) is 5.41. The Morgan fingerprint density at radius 2 is 1.85 bits per heavy atom. The zero-order valence-corrected chi connectivity index (χ0v) is 10.9. The normalized spacial score (nSPS) is 10.2. The lowest BCUT2D eigenvalue weighted by molar-refractivity contribution is 1.12. The molecule has 0 saturated heterocycles. The van der Waals surface area contributed by atoms with E-state index < -0.39 is 0 Å². The number of nitriles is 1. The summed E-state index contributed by atoms with van der Waals surface area (Å²) in [6.45, 7) is 0.646. The zero-order chi connectivity index (χ0) is 13.8. The molecule has 0 bridgehead atoms. The van der Waals surface area contributed by atoms with Crippen molar-refractivity contribution in [3.8, 4) is 6.07 Å². The molecule has 0 atom stereocenters. The standard InChI is InChI=1S/C17H13N3/c18-11-14-8-4-10-19-17(14)20-12-15-7-3-6-13-5-1-2-9-16(13)15/h1-10H,12H2,(H,19,20). The molecule has 96 valence electrons. The van der Waals surface area contributed by atoms with Gasteiger partial charge in [0.2, 0.25) is 0 Å². The molecule has 2 aromatic carbocycles. The van der Waals surface area contributed by atoms with Crippen LogP contribution in [0.25, 0.3) is 10.8 Å². The van der Waals surface area contributed by atoms with Crippen molar-refractivity contribution in [3.05, 3.63) is 71.9 Å². The number of hydrogen-bond acceptors (Lipinski definition) is 3. The minimum Gasteiger partial charge on any atom is -0.365 e. The molecular formula is C17H13N3. The zero-order valence-electron chi connectivity index (χ0n) is 10.9. The molecule has 0 amide bonds. The van der Waals surface area contributed by atoms with Gasteiger partial charge in [0.05, 0.1) is 5.56 Å². The van der Waals surface area contributed by atoms with Crippen LogP contribution in [0.5, 0.6) is 0 Å². The number of nitrogens with one attached hydrogen (secondary N) is 1. The summed E-state index contributed by atoms with van der Waals surface area (Å²) in [5, 5.41) is 14.7. The van der Waals surface area contributed by atoms with Crippen LogP contribution in [0.3, 0.4) is 0 Å². The molecule has 1 aromatic heterocycles. The van der Waals surface area contributed by atoms with Gasteiger partial charge >= 0.3 is 0 Å². The van der Waals surface area contributed by atoms with Crippen molar-refractivity contribution >= 4 is 16.6 Å². The van der Waals surface area contributed by atoms with Crippen molar-refractivity contribution in [2.24, 2.45) is 0 Å². The molecule has 3 nitrogen and oxygen atoms in total. The summed E-state index contributed by atoms with van der Waals surface area (Å²) in [6, 6.07) is 20.2. The lowest BCUT2D eigenvalue weighted by Gasteiger charge is -2.09. The third-order valence-corrected chi connectivity index (χ3v) is 3.25. The molecule has 3 rings (SSSR count). The number of fused-ring (bicyclic) bond motifs is 1. The topological polar surface area (TPSA) is 48.7 Å². The average Bonchev–Trinajstić information content (AvgIpc) is 2.53. The van der Waals surface area contributed by atoms with Crippen LogP contribution in [0.15, 0.2) is 60.8 Å². The Morgan fingerprint density at radius 1 is 1.00 bits per heavy atom. The van der Waals surface area contributed by atoms with Crippen LogP contribution in [-0.2, 0) is 6.54 Å². The highest BCUT2D eigenvalue weighted by Crippen LogP contribution is 2.20. The van der Waals surface area contributed by atoms with Crippen LogP contribution < -0.4 is 5.32 Å². The van der Waals surface area contributed by atoms with Crippen LogP contribution in [-0.4, -0.2) is 4.98 Å². The second-order valence-electron chi connectivity index (χ2n) is 4.50. The van der Waals surface area contributed by atoms with E-state index in [9.17, 15) is 0 Å². The Bertz CT molecular complexity index is 782. The average molecular weight is 259 g/mol. The fourth-order valence-corrected chi connectivity index (χ4v) is 2.26. The lowest BCUT2D eigenvalue weighted by atomic mass is 10.0. The highest BCUT2D eigenvalue weighted by molar-refractivity contribution is 5.85. The predicted molar refractivity (Wildman–Crippen MR) is 80.2 cm³/mol. The first-order valence-electron chi connectivity index (χ1n) is 6.44. The van der Waals surface area contributed by atoms with Gasteiger partial charge < -0.3 is 5.32 Å². The van der Waals surface area contributed by atoms with E-state index in [1.165, 1.54) is 16.3 Å². The minimum atomic E-state index is 0.563. The van der Waals surface area contributed by atoms with Gasteiger partial charge in [0.15, 0.2) is 0 Å². The Balaban J connectivity index is 1.89. The van der Waals surface area contributed by atoms with Crippen molar-refractivity contribution in [3.63, 3.8) is 0 Å². The number of hydrogen-bond donors (Lipinski definition) is 1. The van der Waals surface area contributed by atoms with Crippen molar-refractivity contribution in [2.45, 2.75) is 6.54 Å². The molecular weight excluding hydrogens is 246 g/mol. The summed E-state index contributed by atoms with van der Waals surface area (Å²) >= 11 is 0. The van der Waals surface area contributed by atoms with Crippen LogP contribution in [0.4, 0.5) is 5.82 Å². The van der Waals surface area contributed by atoms with Crippen molar-refractivity contribution < 1.29 is 0 Å². The van der Waals surface area contributed by atoms with Gasteiger partial charge in [-0.15, -0.1) is 0 Å². The molecule has 20 heavy (non-hydrogen) atoms. The third kappa shape index (κ3) is 2.32. The van der Waals surface area contributed by atoms with Gasteiger partial charge in [0, 0.05) is 12.7 Å². The summed E-state index contributed by atoms with van der Waals surface area (Å²) in [5.41, 5.74) is 1.75. The SMILES string of the molecule is N#Cc1cccnc1NCc1cccc2ccccc12. The fourth-order valence-electron chi connectivity index (χ4n) is 2.26. The van der Waals surface area contributed by atoms with Crippen molar-refractivity contribution in [2.75, 3.05) is 5.32 Å². The van der Waals surface area contributed by atoms with Gasteiger partial charge in [0.1, 0.15) is 11.9 Å². The molecule has 0 aliphatic heterocycles. The number of nitrogens with zero attached hydrogens (tertiary/aromatic N) is 2. The molecule has 0 unspecified atom stereocenters. The monoisotopic (exact) mass is 259 g/mol. The first kappa shape index (κ1) is 12.2. The van der Waals surface area contributed by atoms with Gasteiger partial charge in [-0.25, -0.2) is 4.98 Å². The summed E-state index contributed by atoms with van der Waals surface area (Å²) in [6.07, 6.45) is 1.69. The van der Waals surface area contributed by atoms with Crippen LogP contribution in [0, 0.1) is 11.3 Å². The number of rotatable bonds is 3. The van der Waals surface area contributed by atoms with Gasteiger partial charge in [-0.2, -0.15) is 5.26 Å². The van der Waals surface area contributed by atoms with E-state index in [-0.39, 0.29) is 0 Å². The van der Waals surface area contributed by atoms with E-state index in [2.05, 4.69) is 40.6 Å². The van der Waals surface area contributed by atoms with Gasteiger partial charge in [-0.3, -0.25) is 0 Å². The summed E-state index contributed by atoms with van der Waals surface area (Å²) in [7, 11) is 0. The smallest absolute Gasteiger partial charge is 0.144 e. The lowest BCUT2D eigenvalue weighted by Crippen LogP contribution is -2.03. The minimum absolute atomic E-state index is 0.563. The molecule has 1 N–H and O–H groups in total. The summed E-state index contributed by atoms with van der Waals surface area (Å²) in [5.74, 6) is 0.628. The number of pyridine rings is 1. The molecule has 0 radical (unpaired) electrons. The Hall–Kier alpha value is -2.86. The van der Waals surface area contributed by atoms with E-state index in [0.717, 1.165) is 0 Å². The van der Waals surface area contributed by atoms with E-state index in [1.54, 1.807) is 18.3 Å². The molecule has 0 spiro atoms. The fraction of sp³-hybridized carbons (Fsp3) is 0.0588. The van der Waals surface area contributed by atoms with Crippen LogP contribution in [0.1, 0.15) is 11.1 Å². The van der Waals surface area contributed by atoms with Gasteiger partial charge in [0.25, 0.3) is 0 Å². The summed E-state index contributed by atoms with van der Waals surface area (Å²) in [4.78, 5) is 4.21. The Kier molecular flexibility index (Phi) is 3.30. The van der Waals surface area contributed by atoms with E-state index in [4.69, 9.17) is 5.26 Å². The Morgan fingerprint density at radius 3 is 2.75 bits per heavy atom. The number of aromatic nitrogens is 1. The predicted octanol–water partition coefficient (Wildman–Crippen LogP) is 3.72. The van der Waals surface area contributed by atoms with E-state index in [1.807, 2.05) is 18.2 Å². The molecule has 0 saturated carbocycles. The van der Waals surface area contributed by atoms with Crippen molar-refractivity contribution in [1.29, 1.82) is 5.26 Å². The molecule has 3 heteroatoms. The van der Waals surface area contributed by atoms with Crippen LogP contribution in [0.2, 0.25) is 0 Å². The highest BCUT2D eigenvalue weighted by Gasteiger charge is 2.04. The van der Waals surface area contributed by atoms with E-state index >= 15 is 0 Å². The highest BCUT2D eigenvalue weighted by atomic mass is 15.0. The van der Waals surface area contributed by atoms with Gasteiger partial charge in [-0.05, 0) is 28.5 Å². The molecule has 1 heterocycles. The molecule has 0 aliphatic carbocycles. The Labute approximate surface area is 117 Å². The van der Waals surface area contributed by atoms with E-state index in [0.29, 0.717) is 17.9 Å². The van der Waals surface area contributed by atoms with Crippen LogP contribution >= 0.6 is 0 Å². The first-order chi connectivity index (χ1) is 9.88. The van der Waals surface area contributed by atoms with Gasteiger partial charge in [-0.1, -0.05) is 42.5 Å². The first-order valence-corrected chi connectivity index (χ1v) is 6.44. The summed E-state index contributed by atoms with van der Waals surface area (Å²) < 4.78 is 0. The third-order valence-electron chi connectivity index (χ3n) is 3.25. The van der Waals surface area contributed by atoms with Crippen molar-refractivity contribution in [1.82, 2.24) is 4.98 Å². The maximum atomic E-state index is 9.06. The number of anilines is 1. The maximum Gasteiger partial charge on any atom is 0.144 e.